The number of aromatic nitrogens is 2. The zero-order chi connectivity index (χ0) is 19.8. The predicted octanol–water partition coefficient (Wildman–Crippen LogP) is 4.02. The van der Waals surface area contributed by atoms with Crippen LogP contribution in [0, 0.1) is 5.92 Å². The van der Waals surface area contributed by atoms with Crippen LogP contribution >= 0.6 is 11.3 Å². The molecule has 0 saturated carbocycles. The molecule has 1 aliphatic rings. The molecule has 0 N–H and O–H groups in total. The van der Waals surface area contributed by atoms with Crippen LogP contribution in [0.2, 0.25) is 0 Å². The number of anilines is 1. The highest BCUT2D eigenvalue weighted by molar-refractivity contribution is 7.18. The quantitative estimate of drug-likeness (QED) is 0.670. The number of rotatable bonds is 4. The van der Waals surface area contributed by atoms with Gasteiger partial charge < -0.3 is 4.90 Å². The highest BCUT2D eigenvalue weighted by Gasteiger charge is 2.24. The van der Waals surface area contributed by atoms with Crippen LogP contribution in [0.1, 0.15) is 37.6 Å². The van der Waals surface area contributed by atoms with Gasteiger partial charge in [-0.1, -0.05) is 25.1 Å². The molecule has 146 valence electrons. The van der Waals surface area contributed by atoms with Gasteiger partial charge in [-0.15, -0.1) is 11.3 Å². The normalized spacial score (nSPS) is 16.4. The van der Waals surface area contributed by atoms with Gasteiger partial charge in [0.15, 0.2) is 0 Å². The Labute approximate surface area is 168 Å². The minimum atomic E-state index is -0.109. The molecule has 4 rings (SSSR count). The summed E-state index contributed by atoms with van der Waals surface area (Å²) >= 11 is 1.63. The van der Waals surface area contributed by atoms with Crippen molar-refractivity contribution in [2.24, 2.45) is 5.92 Å². The van der Waals surface area contributed by atoms with Crippen molar-refractivity contribution in [1.82, 2.24) is 9.55 Å². The van der Waals surface area contributed by atoms with Crippen molar-refractivity contribution >= 4 is 33.1 Å². The van der Waals surface area contributed by atoms with E-state index in [1.54, 1.807) is 16.2 Å². The predicted molar refractivity (Wildman–Crippen MR) is 114 cm³/mol. The number of para-hydroxylation sites is 1. The summed E-state index contributed by atoms with van der Waals surface area (Å²) in [6, 6.07) is 9.58. The topological polar surface area (TPSA) is 55.2 Å². The summed E-state index contributed by atoms with van der Waals surface area (Å²) in [5.41, 5.74) is 1.90. The second-order valence-corrected chi connectivity index (χ2v) is 8.99. The Morgan fingerprint density at radius 1 is 1.32 bits per heavy atom. The van der Waals surface area contributed by atoms with Gasteiger partial charge in [-0.3, -0.25) is 14.2 Å². The number of hydrogen-bond acceptors (Lipinski definition) is 4. The monoisotopic (exact) mass is 395 g/mol. The van der Waals surface area contributed by atoms with E-state index < -0.39 is 0 Å². The lowest BCUT2D eigenvalue weighted by molar-refractivity contribution is -0.119. The van der Waals surface area contributed by atoms with Crippen molar-refractivity contribution in [3.8, 4) is 0 Å². The van der Waals surface area contributed by atoms with Crippen LogP contribution in [0.5, 0.6) is 0 Å². The number of nitrogens with zero attached hydrogens (tertiary/aromatic N) is 3. The summed E-state index contributed by atoms with van der Waals surface area (Å²) in [4.78, 5) is 34.6. The lowest BCUT2D eigenvalue weighted by Gasteiger charge is -2.27. The van der Waals surface area contributed by atoms with E-state index in [0.29, 0.717) is 5.92 Å². The second-order valence-electron chi connectivity index (χ2n) is 7.90. The smallest absolute Gasteiger partial charge is 0.262 e. The number of amides is 1. The van der Waals surface area contributed by atoms with Crippen LogP contribution in [-0.2, 0) is 24.2 Å². The number of benzene rings is 1. The van der Waals surface area contributed by atoms with E-state index in [9.17, 15) is 9.59 Å². The Balaban J connectivity index is 1.69. The molecule has 1 amide bonds. The van der Waals surface area contributed by atoms with Crippen molar-refractivity contribution in [2.75, 3.05) is 4.90 Å². The van der Waals surface area contributed by atoms with Gasteiger partial charge in [0.25, 0.3) is 5.56 Å². The SMILES string of the molecule is CC1CCc2c(sc3ncn(CC(=O)N(c4ccccc4)C(C)C)c(=O)c23)C1. The summed E-state index contributed by atoms with van der Waals surface area (Å²) in [5, 5.41) is 0.720. The maximum absolute atomic E-state index is 13.2. The molecule has 1 aliphatic carbocycles. The van der Waals surface area contributed by atoms with Gasteiger partial charge in [-0.25, -0.2) is 4.98 Å². The molecule has 2 heterocycles. The molecule has 6 heteroatoms. The molecule has 5 nitrogen and oxygen atoms in total. The summed E-state index contributed by atoms with van der Waals surface area (Å²) in [7, 11) is 0. The molecule has 0 fully saturated rings. The van der Waals surface area contributed by atoms with E-state index in [1.165, 1.54) is 15.8 Å². The van der Waals surface area contributed by atoms with Crippen LogP contribution < -0.4 is 10.5 Å². The van der Waals surface area contributed by atoms with Crippen LogP contribution in [-0.4, -0.2) is 21.5 Å². The first-order valence-electron chi connectivity index (χ1n) is 9.82. The van der Waals surface area contributed by atoms with E-state index in [1.807, 2.05) is 44.2 Å². The van der Waals surface area contributed by atoms with Crippen molar-refractivity contribution in [2.45, 2.75) is 52.6 Å². The van der Waals surface area contributed by atoms with Crippen LogP contribution in [0.25, 0.3) is 10.2 Å². The highest BCUT2D eigenvalue weighted by Crippen LogP contribution is 2.35. The van der Waals surface area contributed by atoms with Gasteiger partial charge in [0.2, 0.25) is 5.91 Å². The zero-order valence-corrected chi connectivity index (χ0v) is 17.3. The third kappa shape index (κ3) is 3.37. The summed E-state index contributed by atoms with van der Waals surface area (Å²) in [6.07, 6.45) is 4.57. The third-order valence-electron chi connectivity index (χ3n) is 5.41. The molecule has 0 spiro atoms. The Hall–Kier alpha value is -2.47. The van der Waals surface area contributed by atoms with Gasteiger partial charge in [0.05, 0.1) is 11.7 Å². The molecule has 1 aromatic carbocycles. The molecule has 1 atom stereocenters. The fourth-order valence-electron chi connectivity index (χ4n) is 4.02. The fraction of sp³-hybridized carbons (Fsp3) is 0.409. The minimum absolute atomic E-state index is 0.00214. The minimum Gasteiger partial charge on any atom is -0.308 e. The number of thiophene rings is 1. The summed E-state index contributed by atoms with van der Waals surface area (Å²) in [6.45, 7) is 6.20. The molecular weight excluding hydrogens is 370 g/mol. The summed E-state index contributed by atoms with van der Waals surface area (Å²) in [5.74, 6) is 0.539. The molecule has 0 bridgehead atoms. The fourth-order valence-corrected chi connectivity index (χ4v) is 5.36. The number of carbonyl (C=O) groups is 1. The molecule has 0 radical (unpaired) electrons. The van der Waals surface area contributed by atoms with Gasteiger partial charge in [0.1, 0.15) is 11.4 Å². The van der Waals surface area contributed by atoms with Crippen molar-refractivity contribution < 1.29 is 4.79 Å². The Kier molecular flexibility index (Phi) is 5.06. The largest absolute Gasteiger partial charge is 0.308 e. The van der Waals surface area contributed by atoms with Gasteiger partial charge in [-0.2, -0.15) is 0 Å². The molecule has 1 unspecified atom stereocenters. The summed E-state index contributed by atoms with van der Waals surface area (Å²) < 4.78 is 1.47. The van der Waals surface area contributed by atoms with Gasteiger partial charge in [-0.05, 0) is 56.7 Å². The Morgan fingerprint density at radius 3 is 2.79 bits per heavy atom. The zero-order valence-electron chi connectivity index (χ0n) is 16.5. The molecule has 28 heavy (non-hydrogen) atoms. The molecule has 0 aliphatic heterocycles. The molecule has 2 aromatic heterocycles. The standard InChI is InChI=1S/C22H25N3O2S/c1-14(2)25(16-7-5-4-6-8-16)19(26)12-24-13-23-21-20(22(24)27)17-10-9-15(3)11-18(17)28-21/h4-8,13-15H,9-12H2,1-3H3. The number of fused-ring (bicyclic) bond motifs is 3. The third-order valence-corrected chi connectivity index (χ3v) is 6.57. The highest BCUT2D eigenvalue weighted by atomic mass is 32.1. The maximum atomic E-state index is 13.2. The average molecular weight is 396 g/mol. The van der Waals surface area contributed by atoms with E-state index in [0.717, 1.165) is 40.7 Å². The molecular formula is C22H25N3O2S. The first-order valence-corrected chi connectivity index (χ1v) is 10.6. The number of aryl methyl sites for hydroxylation is 1. The van der Waals surface area contributed by atoms with E-state index in [4.69, 9.17) is 0 Å². The first-order chi connectivity index (χ1) is 13.5. The van der Waals surface area contributed by atoms with E-state index in [-0.39, 0.29) is 24.1 Å². The Bertz CT molecular complexity index is 1070. The maximum Gasteiger partial charge on any atom is 0.262 e. The van der Waals surface area contributed by atoms with Crippen LogP contribution in [0.4, 0.5) is 5.69 Å². The van der Waals surface area contributed by atoms with Crippen LogP contribution in [0.3, 0.4) is 0 Å². The number of hydrogen-bond donors (Lipinski definition) is 0. The first kappa shape index (κ1) is 18.9. The van der Waals surface area contributed by atoms with Gasteiger partial charge >= 0.3 is 0 Å². The van der Waals surface area contributed by atoms with Crippen molar-refractivity contribution in [1.29, 1.82) is 0 Å². The Morgan fingerprint density at radius 2 is 2.07 bits per heavy atom. The second kappa shape index (κ2) is 7.51. The van der Waals surface area contributed by atoms with Gasteiger partial charge in [0, 0.05) is 16.6 Å². The lowest BCUT2D eigenvalue weighted by atomic mass is 9.89. The average Bonchev–Trinajstić information content (AvgIpc) is 3.03. The molecule has 3 aromatic rings. The van der Waals surface area contributed by atoms with Crippen molar-refractivity contribution in [3.63, 3.8) is 0 Å². The lowest BCUT2D eigenvalue weighted by Crippen LogP contribution is -2.41. The van der Waals surface area contributed by atoms with Crippen molar-refractivity contribution in [3.05, 3.63) is 57.5 Å². The van der Waals surface area contributed by atoms with E-state index >= 15 is 0 Å². The van der Waals surface area contributed by atoms with Crippen LogP contribution in [0.15, 0.2) is 41.5 Å². The molecule has 0 saturated heterocycles. The van der Waals surface area contributed by atoms with E-state index in [2.05, 4.69) is 11.9 Å². The number of carbonyl (C=O) groups excluding carboxylic acids is 1.